The number of amides is 1. The second kappa shape index (κ2) is 7.05. The number of aryl methyl sites for hydroxylation is 2. The number of nitrogens with one attached hydrogen (secondary N) is 1. The van der Waals surface area contributed by atoms with Gasteiger partial charge in [0.15, 0.2) is 11.5 Å². The summed E-state index contributed by atoms with van der Waals surface area (Å²) in [6, 6.07) is 8.71. The summed E-state index contributed by atoms with van der Waals surface area (Å²) < 4.78 is 10.5. The molecule has 5 heteroatoms. The van der Waals surface area contributed by atoms with Crippen LogP contribution in [0.4, 0.5) is 5.69 Å². The number of ether oxygens (including phenoxy) is 2. The van der Waals surface area contributed by atoms with Crippen molar-refractivity contribution in [3.63, 3.8) is 0 Å². The average molecular weight is 315 g/mol. The number of hydrogen-bond donors (Lipinski definition) is 2. The second-order valence-corrected chi connectivity index (χ2v) is 5.38. The van der Waals surface area contributed by atoms with Crippen LogP contribution in [0.1, 0.15) is 16.7 Å². The van der Waals surface area contributed by atoms with Gasteiger partial charge in [0.2, 0.25) is 5.91 Å². The van der Waals surface area contributed by atoms with Gasteiger partial charge in [0.25, 0.3) is 0 Å². The Labute approximate surface area is 135 Å². The van der Waals surface area contributed by atoms with Gasteiger partial charge in [-0.2, -0.15) is 0 Å². The minimum absolute atomic E-state index is 0.0491. The molecule has 0 saturated carbocycles. The molecule has 0 aliphatic carbocycles. The number of carbonyl (C=O) groups excluding carboxylic acids is 1. The van der Waals surface area contributed by atoms with E-state index < -0.39 is 0 Å². The molecule has 5 nitrogen and oxygen atoms in total. The summed E-state index contributed by atoms with van der Waals surface area (Å²) in [6.07, 6.45) is 0.180. The van der Waals surface area contributed by atoms with E-state index in [0.29, 0.717) is 17.2 Å². The first-order valence-corrected chi connectivity index (χ1v) is 7.25. The van der Waals surface area contributed by atoms with Gasteiger partial charge in [-0.3, -0.25) is 4.79 Å². The van der Waals surface area contributed by atoms with Crippen molar-refractivity contribution in [1.82, 2.24) is 0 Å². The number of benzene rings is 2. The van der Waals surface area contributed by atoms with Crippen LogP contribution in [0.5, 0.6) is 17.2 Å². The van der Waals surface area contributed by atoms with Crippen molar-refractivity contribution in [2.45, 2.75) is 20.3 Å². The van der Waals surface area contributed by atoms with Gasteiger partial charge in [-0.15, -0.1) is 0 Å². The molecule has 0 heterocycles. The highest BCUT2D eigenvalue weighted by atomic mass is 16.5. The molecule has 2 N–H and O–H groups in total. The van der Waals surface area contributed by atoms with Crippen LogP contribution in [0.3, 0.4) is 0 Å². The highest BCUT2D eigenvalue weighted by Crippen LogP contribution is 2.31. The number of methoxy groups -OCH3 is 2. The van der Waals surface area contributed by atoms with Crippen LogP contribution in [-0.2, 0) is 11.2 Å². The van der Waals surface area contributed by atoms with E-state index in [0.717, 1.165) is 16.7 Å². The summed E-state index contributed by atoms with van der Waals surface area (Å²) in [7, 11) is 3.13. The molecule has 0 saturated heterocycles. The minimum atomic E-state index is -0.207. The Kier molecular flexibility index (Phi) is 5.11. The molecule has 1 amide bonds. The summed E-state index contributed by atoms with van der Waals surface area (Å²) in [4.78, 5) is 12.3. The van der Waals surface area contributed by atoms with E-state index in [9.17, 15) is 9.90 Å². The molecular weight excluding hydrogens is 294 g/mol. The maximum absolute atomic E-state index is 12.3. The maximum atomic E-state index is 12.3. The molecule has 2 aromatic rings. The molecule has 2 rings (SSSR count). The zero-order valence-corrected chi connectivity index (χ0v) is 13.8. The minimum Gasteiger partial charge on any atom is -0.506 e. The molecule has 0 aliphatic rings. The Morgan fingerprint density at radius 1 is 1.09 bits per heavy atom. The second-order valence-electron chi connectivity index (χ2n) is 5.38. The molecule has 0 aliphatic heterocycles. The Balaban J connectivity index is 2.18. The largest absolute Gasteiger partial charge is 0.506 e. The number of rotatable bonds is 5. The zero-order valence-electron chi connectivity index (χ0n) is 13.8. The Hall–Kier alpha value is -2.69. The molecule has 0 aromatic heterocycles. The van der Waals surface area contributed by atoms with Crippen molar-refractivity contribution in [2.75, 3.05) is 19.5 Å². The molecule has 0 spiro atoms. The molecule has 122 valence electrons. The van der Waals surface area contributed by atoms with E-state index in [2.05, 4.69) is 5.32 Å². The summed E-state index contributed by atoms with van der Waals surface area (Å²) in [5.74, 6) is 1.05. The molecular formula is C18H21NO4. The number of aromatic hydroxyl groups is 1. The summed E-state index contributed by atoms with van der Waals surface area (Å²) in [5.41, 5.74) is 3.15. The maximum Gasteiger partial charge on any atom is 0.228 e. The van der Waals surface area contributed by atoms with Crippen LogP contribution >= 0.6 is 0 Å². The van der Waals surface area contributed by atoms with Gasteiger partial charge in [0.05, 0.1) is 26.3 Å². The molecule has 0 radical (unpaired) electrons. The average Bonchev–Trinajstić information content (AvgIpc) is 2.52. The van der Waals surface area contributed by atoms with Crippen LogP contribution in [0, 0.1) is 13.8 Å². The van der Waals surface area contributed by atoms with Gasteiger partial charge in [0, 0.05) is 0 Å². The zero-order chi connectivity index (χ0) is 17.0. The highest BCUT2D eigenvalue weighted by molar-refractivity contribution is 5.94. The van der Waals surface area contributed by atoms with Crippen molar-refractivity contribution >= 4 is 11.6 Å². The van der Waals surface area contributed by atoms with Crippen LogP contribution < -0.4 is 14.8 Å². The highest BCUT2D eigenvalue weighted by Gasteiger charge is 2.13. The first kappa shape index (κ1) is 16.7. The lowest BCUT2D eigenvalue weighted by molar-refractivity contribution is -0.115. The molecule has 2 aromatic carbocycles. The van der Waals surface area contributed by atoms with Gasteiger partial charge in [-0.05, 0) is 54.8 Å². The monoisotopic (exact) mass is 315 g/mol. The summed E-state index contributed by atoms with van der Waals surface area (Å²) >= 11 is 0. The predicted molar refractivity (Wildman–Crippen MR) is 89.5 cm³/mol. The van der Waals surface area contributed by atoms with Crippen molar-refractivity contribution in [2.24, 2.45) is 0 Å². The first-order chi connectivity index (χ1) is 10.9. The fourth-order valence-corrected chi connectivity index (χ4v) is 2.33. The van der Waals surface area contributed by atoms with E-state index in [1.165, 1.54) is 0 Å². The van der Waals surface area contributed by atoms with Gasteiger partial charge in [-0.1, -0.05) is 6.07 Å². The number of carbonyl (C=O) groups is 1. The Morgan fingerprint density at radius 2 is 1.74 bits per heavy atom. The molecule has 0 atom stereocenters. The standard InChI is InChI=1S/C18H21NO4/c1-11-5-6-15(20)14(7-11)19-18(21)10-13-9-17(23-4)16(22-3)8-12(13)2/h5-9,20H,10H2,1-4H3,(H,19,21). The lowest BCUT2D eigenvalue weighted by atomic mass is 10.0. The first-order valence-electron chi connectivity index (χ1n) is 7.25. The van der Waals surface area contributed by atoms with Crippen LogP contribution in [0.15, 0.2) is 30.3 Å². The lowest BCUT2D eigenvalue weighted by Crippen LogP contribution is -2.15. The number of hydrogen-bond acceptors (Lipinski definition) is 4. The molecule has 23 heavy (non-hydrogen) atoms. The summed E-state index contributed by atoms with van der Waals surface area (Å²) in [5, 5.41) is 12.5. The van der Waals surface area contributed by atoms with Crippen LogP contribution in [0.25, 0.3) is 0 Å². The topological polar surface area (TPSA) is 67.8 Å². The third kappa shape index (κ3) is 3.94. The van der Waals surface area contributed by atoms with Gasteiger partial charge >= 0.3 is 0 Å². The molecule has 0 unspecified atom stereocenters. The van der Waals surface area contributed by atoms with Crippen molar-refractivity contribution in [1.29, 1.82) is 0 Å². The van der Waals surface area contributed by atoms with Crippen molar-refractivity contribution in [3.8, 4) is 17.2 Å². The SMILES string of the molecule is COc1cc(C)c(CC(=O)Nc2cc(C)ccc2O)cc1OC. The smallest absolute Gasteiger partial charge is 0.228 e. The Bertz CT molecular complexity index is 725. The van der Waals surface area contributed by atoms with E-state index in [1.807, 2.05) is 19.9 Å². The van der Waals surface area contributed by atoms with Gasteiger partial charge < -0.3 is 19.9 Å². The van der Waals surface area contributed by atoms with Crippen molar-refractivity contribution < 1.29 is 19.4 Å². The van der Waals surface area contributed by atoms with Crippen molar-refractivity contribution in [3.05, 3.63) is 47.0 Å². The lowest BCUT2D eigenvalue weighted by Gasteiger charge is -2.13. The third-order valence-corrected chi connectivity index (χ3v) is 3.62. The van der Waals surface area contributed by atoms with Crippen LogP contribution in [0.2, 0.25) is 0 Å². The number of phenols is 1. The van der Waals surface area contributed by atoms with E-state index in [4.69, 9.17) is 9.47 Å². The van der Waals surface area contributed by atoms with Gasteiger partial charge in [0.1, 0.15) is 5.75 Å². The Morgan fingerprint density at radius 3 is 2.39 bits per heavy atom. The normalized spacial score (nSPS) is 10.3. The van der Waals surface area contributed by atoms with E-state index in [1.54, 1.807) is 38.5 Å². The third-order valence-electron chi connectivity index (χ3n) is 3.62. The van der Waals surface area contributed by atoms with Gasteiger partial charge in [-0.25, -0.2) is 0 Å². The fraction of sp³-hybridized carbons (Fsp3) is 0.278. The van der Waals surface area contributed by atoms with E-state index in [-0.39, 0.29) is 18.1 Å². The van der Waals surface area contributed by atoms with Crippen LogP contribution in [-0.4, -0.2) is 25.2 Å². The molecule has 0 fully saturated rings. The molecule has 0 bridgehead atoms. The predicted octanol–water partition coefficient (Wildman–Crippen LogP) is 3.21. The number of phenolic OH excluding ortho intramolecular Hbond substituents is 1. The summed E-state index contributed by atoms with van der Waals surface area (Å²) in [6.45, 7) is 3.81. The fourth-order valence-electron chi connectivity index (χ4n) is 2.33. The quantitative estimate of drug-likeness (QED) is 0.831. The van der Waals surface area contributed by atoms with E-state index >= 15 is 0 Å². The number of anilines is 1.